The number of nitrogens with one attached hydrogen (secondary N) is 2. The number of hydrogen-bond donors (Lipinski definition) is 2. The van der Waals surface area contributed by atoms with Crippen LogP contribution in [0.1, 0.15) is 38.8 Å². The molecule has 0 atom stereocenters. The van der Waals surface area contributed by atoms with Gasteiger partial charge < -0.3 is 29.2 Å². The van der Waals surface area contributed by atoms with Crippen molar-refractivity contribution >= 4 is 65.4 Å². The van der Waals surface area contributed by atoms with Gasteiger partial charge in [0.25, 0.3) is 0 Å². The molecule has 6 aromatic rings. The van der Waals surface area contributed by atoms with Crippen LogP contribution in [0.15, 0.2) is 103 Å². The van der Waals surface area contributed by atoms with Crippen LogP contribution in [0.25, 0.3) is 21.9 Å². The number of methoxy groups -OCH3 is 2. The van der Waals surface area contributed by atoms with E-state index in [0.717, 1.165) is 44.3 Å². The van der Waals surface area contributed by atoms with E-state index in [0.29, 0.717) is 22.8 Å². The lowest BCUT2D eigenvalue weighted by Gasteiger charge is -2.25. The minimum Gasteiger partial charge on any atom is -0.496 e. The molecule has 0 aliphatic rings. The first-order valence-electron chi connectivity index (χ1n) is 14.9. The second-order valence-corrected chi connectivity index (χ2v) is 13.9. The van der Waals surface area contributed by atoms with E-state index in [-0.39, 0.29) is 10.8 Å². The van der Waals surface area contributed by atoms with Crippen molar-refractivity contribution < 1.29 is 18.5 Å². The third-order valence-electron chi connectivity index (χ3n) is 8.01. The molecule has 0 saturated carbocycles. The number of nitrogens with zero attached hydrogens (tertiary/aromatic N) is 2. The lowest BCUT2D eigenvalue weighted by atomic mass is 9.84. The van der Waals surface area contributed by atoms with Crippen LogP contribution in [0.2, 0.25) is 0 Å². The van der Waals surface area contributed by atoms with Crippen molar-refractivity contribution in [2.75, 3.05) is 37.9 Å². The summed E-state index contributed by atoms with van der Waals surface area (Å²) in [5.41, 5.74) is 3.86. The fourth-order valence-corrected chi connectivity index (χ4v) is 6.07. The molecule has 46 heavy (non-hydrogen) atoms. The molecule has 4 aromatic carbocycles. The van der Waals surface area contributed by atoms with Gasteiger partial charge in [-0.05, 0) is 67.3 Å². The molecule has 0 unspecified atom stereocenters. The van der Waals surface area contributed by atoms with Gasteiger partial charge in [-0.3, -0.25) is 0 Å². The summed E-state index contributed by atoms with van der Waals surface area (Å²) >= 11 is 6.99. The Labute approximate surface area is 286 Å². The lowest BCUT2D eigenvalue weighted by molar-refractivity contribution is 0.416. The Morgan fingerprint density at radius 1 is 0.630 bits per heavy atom. The molecule has 6 rings (SSSR count). The van der Waals surface area contributed by atoms with Crippen LogP contribution in [0.4, 0.5) is 11.6 Å². The van der Waals surface area contributed by atoms with Crippen molar-refractivity contribution in [3.8, 4) is 11.5 Å². The van der Waals surface area contributed by atoms with Crippen molar-refractivity contribution in [1.29, 1.82) is 0 Å². The summed E-state index contributed by atoms with van der Waals surface area (Å²) < 4.78 is 23.5. The van der Waals surface area contributed by atoms with E-state index in [2.05, 4.69) is 129 Å². The zero-order valence-electron chi connectivity index (χ0n) is 26.8. The lowest BCUT2D eigenvalue weighted by Crippen LogP contribution is -2.27. The van der Waals surface area contributed by atoms with E-state index in [9.17, 15) is 0 Å². The molecule has 8 nitrogen and oxygen atoms in total. The highest BCUT2D eigenvalue weighted by Crippen LogP contribution is 2.39. The van der Waals surface area contributed by atoms with E-state index in [1.807, 2.05) is 36.4 Å². The van der Waals surface area contributed by atoms with Gasteiger partial charge in [0.15, 0.2) is 22.8 Å². The minimum absolute atomic E-state index is 0.0359. The summed E-state index contributed by atoms with van der Waals surface area (Å²) in [5.74, 6) is 2.86. The SMILES string of the molecule is COc1c(Br)ccc2onc(NCC(C)(C)c3ccccc3)c12.COc1ccc(Br)c2onc(NCC(C)(C)c3ccccc3)c12. The smallest absolute Gasteiger partial charge is 0.187 e. The number of benzene rings is 4. The third kappa shape index (κ3) is 7.18. The van der Waals surface area contributed by atoms with Crippen LogP contribution in [0, 0.1) is 0 Å². The molecule has 0 amide bonds. The number of fused-ring (bicyclic) bond motifs is 2. The molecular formula is C36H38Br2N4O4. The summed E-state index contributed by atoms with van der Waals surface area (Å²) in [6.07, 6.45) is 0. The standard InChI is InChI=1S/2C18H19BrN2O2/c1-18(2,12-7-5-4-6-8-12)11-20-17-15-14(23-21-17)10-9-13(19)16(15)22-3;1-18(2,12-7-5-4-6-8-12)11-20-17-15-14(22-3)10-9-13(19)16(15)23-21-17/h2*4-10H,11H2,1-3H3,(H,20,21). The predicted molar refractivity (Wildman–Crippen MR) is 192 cm³/mol. The van der Waals surface area contributed by atoms with Gasteiger partial charge in [-0.25, -0.2) is 0 Å². The van der Waals surface area contributed by atoms with Crippen LogP contribution in [-0.2, 0) is 10.8 Å². The Bertz CT molecular complexity index is 1850. The quantitative estimate of drug-likeness (QED) is 0.143. The van der Waals surface area contributed by atoms with Crippen LogP contribution in [-0.4, -0.2) is 37.6 Å². The van der Waals surface area contributed by atoms with Gasteiger partial charge in [-0.2, -0.15) is 0 Å². The van der Waals surface area contributed by atoms with E-state index in [1.54, 1.807) is 14.2 Å². The van der Waals surface area contributed by atoms with Crippen LogP contribution in [0.3, 0.4) is 0 Å². The molecule has 2 N–H and O–H groups in total. The first-order valence-corrected chi connectivity index (χ1v) is 16.5. The minimum atomic E-state index is -0.0359. The Morgan fingerprint density at radius 2 is 1.15 bits per heavy atom. The number of ether oxygens (including phenoxy) is 2. The fraction of sp³-hybridized carbons (Fsp3) is 0.278. The first kappa shape index (κ1) is 33.3. The Morgan fingerprint density at radius 3 is 1.70 bits per heavy atom. The average molecular weight is 751 g/mol. The van der Waals surface area contributed by atoms with Crippen LogP contribution in [0.5, 0.6) is 11.5 Å². The number of aromatic nitrogens is 2. The average Bonchev–Trinajstić information content (AvgIpc) is 3.69. The number of anilines is 2. The van der Waals surface area contributed by atoms with E-state index in [1.165, 1.54) is 11.1 Å². The zero-order valence-corrected chi connectivity index (χ0v) is 30.0. The highest BCUT2D eigenvalue weighted by Gasteiger charge is 2.24. The summed E-state index contributed by atoms with van der Waals surface area (Å²) in [6, 6.07) is 28.4. The van der Waals surface area contributed by atoms with E-state index >= 15 is 0 Å². The molecule has 0 aliphatic heterocycles. The third-order valence-corrected chi connectivity index (χ3v) is 9.26. The molecule has 240 valence electrons. The molecule has 0 radical (unpaired) electrons. The van der Waals surface area contributed by atoms with Gasteiger partial charge in [0, 0.05) is 23.9 Å². The van der Waals surface area contributed by atoms with Gasteiger partial charge in [-0.1, -0.05) is 98.7 Å². The summed E-state index contributed by atoms with van der Waals surface area (Å²) in [7, 11) is 3.29. The van der Waals surface area contributed by atoms with Crippen LogP contribution >= 0.6 is 31.9 Å². The zero-order chi connectivity index (χ0) is 32.9. The van der Waals surface area contributed by atoms with Gasteiger partial charge in [0.2, 0.25) is 0 Å². The summed E-state index contributed by atoms with van der Waals surface area (Å²) in [4.78, 5) is 0. The Balaban J connectivity index is 0.000000181. The maximum atomic E-state index is 5.49. The molecule has 2 heterocycles. The highest BCUT2D eigenvalue weighted by molar-refractivity contribution is 9.11. The van der Waals surface area contributed by atoms with Crippen molar-refractivity contribution in [3.63, 3.8) is 0 Å². The first-order chi connectivity index (χ1) is 22.1. The molecule has 0 aliphatic carbocycles. The Hall–Kier alpha value is -4.02. The van der Waals surface area contributed by atoms with E-state index < -0.39 is 0 Å². The van der Waals surface area contributed by atoms with Gasteiger partial charge in [0.05, 0.1) is 23.2 Å². The number of rotatable bonds is 10. The molecule has 0 fully saturated rings. The maximum Gasteiger partial charge on any atom is 0.187 e. The highest BCUT2D eigenvalue weighted by atomic mass is 79.9. The monoisotopic (exact) mass is 748 g/mol. The molecule has 0 spiro atoms. The molecule has 0 saturated heterocycles. The summed E-state index contributed by atoms with van der Waals surface area (Å²) in [5, 5.41) is 16.8. The van der Waals surface area contributed by atoms with Gasteiger partial charge in [0.1, 0.15) is 22.3 Å². The van der Waals surface area contributed by atoms with Gasteiger partial charge in [-0.15, -0.1) is 0 Å². The topological polar surface area (TPSA) is 94.6 Å². The van der Waals surface area contributed by atoms with Crippen molar-refractivity contribution in [2.24, 2.45) is 0 Å². The van der Waals surface area contributed by atoms with Gasteiger partial charge >= 0.3 is 0 Å². The maximum absolute atomic E-state index is 5.49. The predicted octanol–water partition coefficient (Wildman–Crippen LogP) is 9.98. The normalized spacial score (nSPS) is 11.7. The molecular weight excluding hydrogens is 712 g/mol. The van der Waals surface area contributed by atoms with Crippen molar-refractivity contribution in [3.05, 3.63) is 105 Å². The molecule has 10 heteroatoms. The molecule has 2 aromatic heterocycles. The fourth-order valence-electron chi connectivity index (χ4n) is 5.17. The number of halogens is 2. The second-order valence-electron chi connectivity index (χ2n) is 12.2. The molecule has 0 bridgehead atoms. The van der Waals surface area contributed by atoms with Crippen molar-refractivity contribution in [1.82, 2.24) is 10.3 Å². The van der Waals surface area contributed by atoms with Crippen LogP contribution < -0.4 is 20.1 Å². The summed E-state index contributed by atoms with van der Waals surface area (Å²) in [6.45, 7) is 10.3. The second kappa shape index (κ2) is 14.2. The van der Waals surface area contributed by atoms with Crippen molar-refractivity contribution in [2.45, 2.75) is 38.5 Å². The van der Waals surface area contributed by atoms with E-state index in [4.69, 9.17) is 18.5 Å². The number of hydrogen-bond acceptors (Lipinski definition) is 8. The Kier molecular flexibility index (Phi) is 10.3. The largest absolute Gasteiger partial charge is 0.496 e.